The average molecular weight is 254 g/mol. The molecule has 1 aromatic carbocycles. The summed E-state index contributed by atoms with van der Waals surface area (Å²) in [6.45, 7) is 0.0351. The molecule has 8 nitrogen and oxygen atoms in total. The van der Waals surface area contributed by atoms with Gasteiger partial charge in [0.2, 0.25) is 0 Å². The molecule has 0 atom stereocenters. The van der Waals surface area contributed by atoms with Crippen molar-refractivity contribution in [3.63, 3.8) is 0 Å². The third-order valence-electron chi connectivity index (χ3n) is 2.10. The summed E-state index contributed by atoms with van der Waals surface area (Å²) in [6, 6.07) is 3.31. The third kappa shape index (κ3) is 3.44. The smallest absolute Gasteiger partial charge is 0.338 e. The summed E-state index contributed by atoms with van der Waals surface area (Å²) in [4.78, 5) is 31.0. The summed E-state index contributed by atoms with van der Waals surface area (Å²) >= 11 is 0. The number of carboxylic acid groups (broad SMARTS) is 2. The summed E-state index contributed by atoms with van der Waals surface area (Å²) < 4.78 is 0. The highest BCUT2D eigenvalue weighted by Gasteiger charge is 2.15. The molecule has 0 heterocycles. The van der Waals surface area contributed by atoms with Crippen LogP contribution in [0.15, 0.2) is 18.2 Å². The van der Waals surface area contributed by atoms with Crippen molar-refractivity contribution in [2.45, 2.75) is 6.42 Å². The Morgan fingerprint density at radius 2 is 2.00 bits per heavy atom. The van der Waals surface area contributed by atoms with Crippen LogP contribution in [0.3, 0.4) is 0 Å². The first-order valence-electron chi connectivity index (χ1n) is 4.89. The predicted octanol–water partition coefficient (Wildman–Crippen LogP) is 1.18. The number of carbonyl (C=O) groups is 2. The Labute approximate surface area is 101 Å². The van der Waals surface area contributed by atoms with Gasteiger partial charge >= 0.3 is 11.9 Å². The van der Waals surface area contributed by atoms with Gasteiger partial charge in [-0.3, -0.25) is 14.9 Å². The van der Waals surface area contributed by atoms with Crippen LogP contribution < -0.4 is 5.32 Å². The van der Waals surface area contributed by atoms with E-state index in [0.717, 1.165) is 12.1 Å². The van der Waals surface area contributed by atoms with E-state index in [1.54, 1.807) is 0 Å². The Bertz CT molecular complexity index is 499. The highest BCUT2D eigenvalue weighted by atomic mass is 16.6. The van der Waals surface area contributed by atoms with Crippen molar-refractivity contribution >= 4 is 23.3 Å². The fourth-order valence-corrected chi connectivity index (χ4v) is 1.28. The van der Waals surface area contributed by atoms with Gasteiger partial charge in [0, 0.05) is 24.4 Å². The van der Waals surface area contributed by atoms with Gasteiger partial charge in [-0.15, -0.1) is 0 Å². The van der Waals surface area contributed by atoms with Gasteiger partial charge < -0.3 is 15.5 Å². The van der Waals surface area contributed by atoms with E-state index >= 15 is 0 Å². The van der Waals surface area contributed by atoms with Gasteiger partial charge in [0.05, 0.1) is 16.9 Å². The highest BCUT2D eigenvalue weighted by molar-refractivity contribution is 5.95. The van der Waals surface area contributed by atoms with Crippen molar-refractivity contribution in [1.29, 1.82) is 0 Å². The lowest BCUT2D eigenvalue weighted by Crippen LogP contribution is -2.11. The number of carboxylic acids is 2. The van der Waals surface area contributed by atoms with E-state index in [1.807, 2.05) is 0 Å². The number of nitrogens with zero attached hydrogens (tertiary/aromatic N) is 1. The maximum absolute atomic E-state index is 10.9. The molecule has 8 heteroatoms. The van der Waals surface area contributed by atoms with Crippen LogP contribution in [-0.4, -0.2) is 33.6 Å². The quantitative estimate of drug-likeness (QED) is 0.513. The Kier molecular flexibility index (Phi) is 4.19. The van der Waals surface area contributed by atoms with Crippen molar-refractivity contribution in [1.82, 2.24) is 0 Å². The van der Waals surface area contributed by atoms with Crippen molar-refractivity contribution < 1.29 is 24.7 Å². The van der Waals surface area contributed by atoms with Crippen molar-refractivity contribution in [3.8, 4) is 0 Å². The molecule has 0 aliphatic carbocycles. The van der Waals surface area contributed by atoms with E-state index in [-0.39, 0.29) is 29.9 Å². The van der Waals surface area contributed by atoms with E-state index in [4.69, 9.17) is 10.2 Å². The van der Waals surface area contributed by atoms with Crippen molar-refractivity contribution in [3.05, 3.63) is 33.9 Å². The summed E-state index contributed by atoms with van der Waals surface area (Å²) in [5.41, 5.74) is -0.458. The fraction of sp³-hybridized carbons (Fsp3) is 0.200. The zero-order valence-electron chi connectivity index (χ0n) is 9.12. The molecule has 18 heavy (non-hydrogen) atoms. The van der Waals surface area contributed by atoms with Gasteiger partial charge in [0.1, 0.15) is 0 Å². The van der Waals surface area contributed by atoms with Crippen LogP contribution >= 0.6 is 0 Å². The normalized spacial score (nSPS) is 9.78. The van der Waals surface area contributed by atoms with Crippen molar-refractivity contribution in [2.75, 3.05) is 11.9 Å². The summed E-state index contributed by atoms with van der Waals surface area (Å²) in [6.07, 6.45) is -0.184. The van der Waals surface area contributed by atoms with Crippen LogP contribution in [-0.2, 0) is 4.79 Å². The average Bonchev–Trinajstić information content (AvgIpc) is 2.28. The molecule has 0 aromatic heterocycles. The third-order valence-corrected chi connectivity index (χ3v) is 2.10. The summed E-state index contributed by atoms with van der Waals surface area (Å²) in [5, 5.41) is 30.5. The molecule has 96 valence electrons. The van der Waals surface area contributed by atoms with Crippen LogP contribution in [0.25, 0.3) is 0 Å². The summed E-state index contributed by atoms with van der Waals surface area (Å²) in [5.74, 6) is -2.35. The molecule has 0 unspecified atom stereocenters. The van der Waals surface area contributed by atoms with E-state index in [2.05, 4.69) is 5.32 Å². The second-order valence-electron chi connectivity index (χ2n) is 3.36. The number of non-ortho nitro benzene ring substituents is 1. The van der Waals surface area contributed by atoms with Crippen LogP contribution in [0.2, 0.25) is 0 Å². The van der Waals surface area contributed by atoms with Gasteiger partial charge in [-0.2, -0.15) is 0 Å². The molecular formula is C10H10N2O6. The van der Waals surface area contributed by atoms with E-state index < -0.39 is 16.9 Å². The molecule has 0 aliphatic heterocycles. The van der Waals surface area contributed by atoms with E-state index in [0.29, 0.717) is 0 Å². The minimum Gasteiger partial charge on any atom is -0.481 e. The Hall–Kier alpha value is -2.64. The number of hydrogen-bond acceptors (Lipinski definition) is 5. The zero-order valence-corrected chi connectivity index (χ0v) is 9.12. The number of hydrogen-bond donors (Lipinski definition) is 3. The molecular weight excluding hydrogens is 244 g/mol. The lowest BCUT2D eigenvalue weighted by molar-refractivity contribution is -0.384. The second kappa shape index (κ2) is 5.62. The molecule has 0 bridgehead atoms. The largest absolute Gasteiger partial charge is 0.481 e. The lowest BCUT2D eigenvalue weighted by atomic mass is 10.1. The molecule has 1 rings (SSSR count). The van der Waals surface area contributed by atoms with Crippen LogP contribution in [0.4, 0.5) is 11.4 Å². The molecule has 0 amide bonds. The van der Waals surface area contributed by atoms with Gasteiger partial charge in [-0.25, -0.2) is 4.79 Å². The van der Waals surface area contributed by atoms with Crippen LogP contribution in [0.5, 0.6) is 0 Å². The number of nitro groups is 1. The molecule has 3 N–H and O–H groups in total. The van der Waals surface area contributed by atoms with Gasteiger partial charge in [-0.1, -0.05) is 0 Å². The van der Waals surface area contributed by atoms with E-state index in [1.165, 1.54) is 6.07 Å². The van der Waals surface area contributed by atoms with Gasteiger partial charge in [0.25, 0.3) is 5.69 Å². The molecule has 0 fully saturated rings. The molecule has 0 saturated carbocycles. The number of nitro benzene ring substituents is 1. The van der Waals surface area contributed by atoms with Crippen LogP contribution in [0, 0.1) is 10.1 Å². The minimum absolute atomic E-state index is 0.0351. The Morgan fingerprint density at radius 1 is 1.33 bits per heavy atom. The number of aliphatic carboxylic acids is 1. The SMILES string of the molecule is O=C(O)CCNc1ccc([N+](=O)[O-])cc1C(=O)O. The highest BCUT2D eigenvalue weighted by Crippen LogP contribution is 2.22. The number of rotatable bonds is 6. The molecule has 1 aromatic rings. The first kappa shape index (κ1) is 13.4. The Morgan fingerprint density at radius 3 is 2.50 bits per heavy atom. The second-order valence-corrected chi connectivity index (χ2v) is 3.36. The zero-order chi connectivity index (χ0) is 13.7. The number of nitrogens with one attached hydrogen (secondary N) is 1. The molecule has 0 aliphatic rings. The molecule has 0 radical (unpaired) electrons. The number of aromatic carboxylic acids is 1. The summed E-state index contributed by atoms with van der Waals surface area (Å²) in [7, 11) is 0. The standard InChI is InChI=1S/C10H10N2O6/c13-9(14)3-4-11-8-2-1-6(12(17)18)5-7(8)10(15)16/h1-2,5,11H,3-4H2,(H,13,14)(H,15,16). The lowest BCUT2D eigenvalue weighted by Gasteiger charge is -2.08. The number of benzene rings is 1. The first-order valence-corrected chi connectivity index (χ1v) is 4.89. The fourth-order valence-electron chi connectivity index (χ4n) is 1.28. The maximum Gasteiger partial charge on any atom is 0.338 e. The van der Waals surface area contributed by atoms with Crippen molar-refractivity contribution in [2.24, 2.45) is 0 Å². The number of anilines is 1. The minimum atomic E-state index is -1.32. The van der Waals surface area contributed by atoms with Gasteiger partial charge in [0.15, 0.2) is 0 Å². The van der Waals surface area contributed by atoms with Gasteiger partial charge in [-0.05, 0) is 6.07 Å². The molecule has 0 spiro atoms. The van der Waals surface area contributed by atoms with E-state index in [9.17, 15) is 19.7 Å². The Balaban J connectivity index is 2.93. The van der Waals surface area contributed by atoms with Crippen LogP contribution in [0.1, 0.15) is 16.8 Å². The maximum atomic E-state index is 10.9. The predicted molar refractivity (Wildman–Crippen MR) is 60.8 cm³/mol. The first-order chi connectivity index (χ1) is 8.41. The topological polar surface area (TPSA) is 130 Å². The molecule has 0 saturated heterocycles. The monoisotopic (exact) mass is 254 g/mol.